The molecule has 4 N–H and O–H groups in total. The number of hydrogen-bond acceptors (Lipinski definition) is 6. The Bertz CT molecular complexity index is 482. The highest BCUT2D eigenvalue weighted by atomic mass is 16.6. The van der Waals surface area contributed by atoms with Crippen molar-refractivity contribution >= 4 is 5.91 Å². The molecule has 7 heteroatoms. The van der Waals surface area contributed by atoms with Crippen LogP contribution in [0.3, 0.4) is 0 Å². The van der Waals surface area contributed by atoms with Crippen molar-refractivity contribution in [1.82, 2.24) is 5.32 Å². The van der Waals surface area contributed by atoms with Crippen LogP contribution in [0.1, 0.15) is 12.5 Å². The summed E-state index contributed by atoms with van der Waals surface area (Å²) >= 11 is 0. The van der Waals surface area contributed by atoms with Crippen molar-refractivity contribution in [2.45, 2.75) is 44.2 Å². The summed E-state index contributed by atoms with van der Waals surface area (Å²) in [5.74, 6) is -0.379. The molecule has 122 valence electrons. The fourth-order valence-corrected chi connectivity index (χ4v) is 2.44. The maximum atomic E-state index is 11.3. The zero-order valence-corrected chi connectivity index (χ0v) is 12.3. The summed E-state index contributed by atoms with van der Waals surface area (Å²) in [7, 11) is 0. The Labute approximate surface area is 128 Å². The molecule has 0 radical (unpaired) electrons. The third kappa shape index (κ3) is 4.02. The van der Waals surface area contributed by atoms with Crippen molar-refractivity contribution < 1.29 is 29.6 Å². The van der Waals surface area contributed by atoms with Gasteiger partial charge in [0, 0.05) is 6.92 Å². The van der Waals surface area contributed by atoms with Gasteiger partial charge in [0.1, 0.15) is 24.4 Å². The van der Waals surface area contributed by atoms with E-state index in [0.29, 0.717) is 0 Å². The molecule has 5 atom stereocenters. The van der Waals surface area contributed by atoms with Gasteiger partial charge < -0.3 is 30.1 Å². The van der Waals surface area contributed by atoms with E-state index in [9.17, 15) is 20.1 Å². The standard InChI is InChI=1S/C15H21NO6/c1-9(18)16-12-14(13(19)11(7-17)22-15(12)20)21-8-10-5-3-2-4-6-10/h2-6,11-15,17,19-20H,7-8H2,1H3,(H,16,18)/t11-,12-,13-,14-,15+/m1/s1. The highest BCUT2D eigenvalue weighted by Crippen LogP contribution is 2.23. The molecule has 22 heavy (non-hydrogen) atoms. The number of nitrogens with one attached hydrogen (secondary N) is 1. The van der Waals surface area contributed by atoms with Crippen LogP contribution in [-0.4, -0.2) is 58.5 Å². The third-order valence-corrected chi connectivity index (χ3v) is 3.53. The number of rotatable bonds is 5. The van der Waals surface area contributed by atoms with E-state index in [0.717, 1.165) is 5.56 Å². The maximum absolute atomic E-state index is 11.3. The second kappa shape index (κ2) is 7.66. The summed E-state index contributed by atoms with van der Waals surface area (Å²) in [6, 6.07) is 8.39. The van der Waals surface area contributed by atoms with Crippen molar-refractivity contribution in [3.63, 3.8) is 0 Å². The minimum absolute atomic E-state index is 0.198. The lowest BCUT2D eigenvalue weighted by molar-refractivity contribution is -0.263. The van der Waals surface area contributed by atoms with E-state index in [2.05, 4.69) is 5.32 Å². The highest BCUT2D eigenvalue weighted by molar-refractivity contribution is 5.73. The Morgan fingerprint density at radius 2 is 2.00 bits per heavy atom. The molecule has 2 rings (SSSR count). The van der Waals surface area contributed by atoms with Crippen LogP contribution in [0.15, 0.2) is 30.3 Å². The van der Waals surface area contributed by atoms with Gasteiger partial charge in [-0.1, -0.05) is 30.3 Å². The molecule has 1 fully saturated rings. The molecule has 0 saturated carbocycles. The fourth-order valence-electron chi connectivity index (χ4n) is 2.44. The Morgan fingerprint density at radius 3 is 2.59 bits per heavy atom. The summed E-state index contributed by atoms with van der Waals surface area (Å²) in [6.07, 6.45) is -4.41. The Morgan fingerprint density at radius 1 is 1.32 bits per heavy atom. The average Bonchev–Trinajstić information content (AvgIpc) is 2.50. The lowest BCUT2D eigenvalue weighted by Crippen LogP contribution is -2.64. The van der Waals surface area contributed by atoms with Gasteiger partial charge in [0.05, 0.1) is 13.2 Å². The zero-order valence-electron chi connectivity index (χ0n) is 12.3. The average molecular weight is 311 g/mol. The first kappa shape index (κ1) is 16.9. The Hall–Kier alpha value is -1.51. The number of ether oxygens (including phenoxy) is 2. The van der Waals surface area contributed by atoms with Crippen molar-refractivity contribution in [3.8, 4) is 0 Å². The van der Waals surface area contributed by atoms with E-state index in [4.69, 9.17) is 9.47 Å². The second-order valence-corrected chi connectivity index (χ2v) is 5.23. The lowest BCUT2D eigenvalue weighted by atomic mass is 9.96. The van der Waals surface area contributed by atoms with Crippen LogP contribution in [0.2, 0.25) is 0 Å². The number of aliphatic hydroxyl groups excluding tert-OH is 3. The number of carbonyl (C=O) groups is 1. The van der Waals surface area contributed by atoms with E-state index in [1.807, 2.05) is 30.3 Å². The van der Waals surface area contributed by atoms with Crippen LogP contribution in [-0.2, 0) is 20.9 Å². The minimum Gasteiger partial charge on any atom is -0.394 e. The SMILES string of the molecule is CC(=O)N[C@@H]1[C@@H](OCc2ccccc2)[C@H](O)[C@@H](CO)O[C@@H]1O. The molecule has 0 aliphatic carbocycles. The monoisotopic (exact) mass is 311 g/mol. The minimum atomic E-state index is -1.37. The summed E-state index contributed by atoms with van der Waals surface area (Å²) in [5.41, 5.74) is 0.887. The van der Waals surface area contributed by atoms with Crippen LogP contribution < -0.4 is 5.32 Å². The van der Waals surface area contributed by atoms with Crippen LogP contribution in [0.4, 0.5) is 0 Å². The largest absolute Gasteiger partial charge is 0.394 e. The number of benzene rings is 1. The fraction of sp³-hybridized carbons (Fsp3) is 0.533. The van der Waals surface area contributed by atoms with Gasteiger partial charge in [-0.05, 0) is 5.56 Å². The van der Waals surface area contributed by atoms with Gasteiger partial charge in [-0.25, -0.2) is 0 Å². The van der Waals surface area contributed by atoms with E-state index < -0.39 is 37.3 Å². The van der Waals surface area contributed by atoms with Crippen molar-refractivity contribution in [3.05, 3.63) is 35.9 Å². The summed E-state index contributed by atoms with van der Waals surface area (Å²) in [6.45, 7) is 1.03. The smallest absolute Gasteiger partial charge is 0.217 e. The number of amides is 1. The lowest BCUT2D eigenvalue weighted by Gasteiger charge is -2.42. The first-order valence-electron chi connectivity index (χ1n) is 7.08. The van der Waals surface area contributed by atoms with Crippen molar-refractivity contribution in [1.29, 1.82) is 0 Å². The van der Waals surface area contributed by atoms with Gasteiger partial charge >= 0.3 is 0 Å². The number of aliphatic hydroxyl groups is 3. The molecule has 1 aliphatic rings. The molecular formula is C15H21NO6. The summed E-state index contributed by atoms with van der Waals surface area (Å²) in [5, 5.41) is 31.9. The van der Waals surface area contributed by atoms with E-state index >= 15 is 0 Å². The molecule has 7 nitrogen and oxygen atoms in total. The molecule has 1 amide bonds. The maximum Gasteiger partial charge on any atom is 0.217 e. The van der Waals surface area contributed by atoms with Gasteiger partial charge in [0.2, 0.25) is 5.91 Å². The molecule has 0 bridgehead atoms. The molecule has 1 saturated heterocycles. The van der Waals surface area contributed by atoms with Crippen molar-refractivity contribution in [2.75, 3.05) is 6.61 Å². The normalized spacial score (nSPS) is 31.7. The number of hydrogen-bond donors (Lipinski definition) is 4. The van der Waals surface area contributed by atoms with Crippen molar-refractivity contribution in [2.24, 2.45) is 0 Å². The van der Waals surface area contributed by atoms with Gasteiger partial charge in [-0.3, -0.25) is 4.79 Å². The van der Waals surface area contributed by atoms with E-state index in [1.54, 1.807) is 0 Å². The highest BCUT2D eigenvalue weighted by Gasteiger charge is 2.45. The van der Waals surface area contributed by atoms with Crippen LogP contribution >= 0.6 is 0 Å². The topological polar surface area (TPSA) is 108 Å². The van der Waals surface area contributed by atoms with Gasteiger partial charge in [-0.2, -0.15) is 0 Å². The van der Waals surface area contributed by atoms with Crippen LogP contribution in [0, 0.1) is 0 Å². The van der Waals surface area contributed by atoms with E-state index in [-0.39, 0.29) is 12.5 Å². The zero-order chi connectivity index (χ0) is 16.1. The summed E-state index contributed by atoms with van der Waals surface area (Å²) in [4.78, 5) is 11.3. The molecule has 1 aromatic carbocycles. The Balaban J connectivity index is 2.10. The molecule has 1 heterocycles. The molecule has 1 aliphatic heterocycles. The summed E-state index contributed by atoms with van der Waals surface area (Å²) < 4.78 is 10.8. The number of carbonyl (C=O) groups excluding carboxylic acids is 1. The van der Waals surface area contributed by atoms with Crippen LogP contribution in [0.5, 0.6) is 0 Å². The second-order valence-electron chi connectivity index (χ2n) is 5.23. The van der Waals surface area contributed by atoms with Crippen LogP contribution in [0.25, 0.3) is 0 Å². The quantitative estimate of drug-likeness (QED) is 0.564. The first-order valence-corrected chi connectivity index (χ1v) is 7.08. The molecular weight excluding hydrogens is 290 g/mol. The van der Waals surface area contributed by atoms with Gasteiger partial charge in [0.15, 0.2) is 6.29 Å². The Kier molecular flexibility index (Phi) is 5.87. The molecule has 1 aromatic rings. The molecule has 0 unspecified atom stereocenters. The molecule has 0 aromatic heterocycles. The predicted molar refractivity (Wildman–Crippen MR) is 76.6 cm³/mol. The predicted octanol–water partition coefficient (Wildman–Crippen LogP) is -0.853. The third-order valence-electron chi connectivity index (χ3n) is 3.53. The van der Waals surface area contributed by atoms with Gasteiger partial charge in [0.25, 0.3) is 0 Å². The van der Waals surface area contributed by atoms with E-state index in [1.165, 1.54) is 6.92 Å². The first-order chi connectivity index (χ1) is 10.5. The molecule has 0 spiro atoms. The van der Waals surface area contributed by atoms with Gasteiger partial charge in [-0.15, -0.1) is 0 Å².